The van der Waals surface area contributed by atoms with Crippen LogP contribution in [0.5, 0.6) is 11.5 Å². The molecule has 0 saturated carbocycles. The van der Waals surface area contributed by atoms with Crippen LogP contribution in [0.15, 0.2) is 66.7 Å². The van der Waals surface area contributed by atoms with Crippen molar-refractivity contribution in [2.45, 2.75) is 12.5 Å². The number of rotatable bonds is 4. The first-order valence-corrected chi connectivity index (χ1v) is 10.1. The molecule has 1 aliphatic heterocycles. The summed E-state index contributed by atoms with van der Waals surface area (Å²) in [5.74, 6) is 1.23. The van der Waals surface area contributed by atoms with E-state index < -0.39 is 0 Å². The Kier molecular flexibility index (Phi) is 5.81. The number of anilines is 1. The van der Waals surface area contributed by atoms with Crippen molar-refractivity contribution >= 4 is 23.3 Å². The number of hydrogen-bond donors (Lipinski definition) is 1. The lowest BCUT2D eigenvalue weighted by Crippen LogP contribution is -2.43. The van der Waals surface area contributed by atoms with Crippen LogP contribution in [-0.4, -0.2) is 31.7 Å². The molecule has 6 heteroatoms. The van der Waals surface area contributed by atoms with Gasteiger partial charge in [-0.3, -0.25) is 0 Å². The fourth-order valence-electron chi connectivity index (χ4n) is 3.86. The molecule has 0 bridgehead atoms. The number of methoxy groups -OCH3 is 2. The van der Waals surface area contributed by atoms with E-state index in [0.717, 1.165) is 17.5 Å². The normalized spacial score (nSPS) is 15.3. The smallest absolute Gasteiger partial charge is 0.322 e. The minimum absolute atomic E-state index is 0.181. The second-order valence-corrected chi connectivity index (χ2v) is 7.56. The zero-order chi connectivity index (χ0) is 21.1. The fraction of sp³-hybridized carbons (Fsp3) is 0.208. The van der Waals surface area contributed by atoms with Crippen LogP contribution >= 0.6 is 11.6 Å². The lowest BCUT2D eigenvalue weighted by molar-refractivity contribution is 0.194. The molecule has 2 amide bonds. The maximum Gasteiger partial charge on any atom is 0.322 e. The summed E-state index contributed by atoms with van der Waals surface area (Å²) in [5, 5.41) is 3.67. The molecule has 154 valence electrons. The molecule has 0 aliphatic carbocycles. The number of carbonyl (C=O) groups excluding carboxylic acids is 1. The van der Waals surface area contributed by atoms with E-state index in [4.69, 9.17) is 21.1 Å². The Morgan fingerprint density at radius 2 is 1.67 bits per heavy atom. The number of carbonyl (C=O) groups is 1. The van der Waals surface area contributed by atoms with E-state index in [1.165, 1.54) is 5.56 Å². The molecule has 3 aromatic carbocycles. The predicted octanol–water partition coefficient (Wildman–Crippen LogP) is 5.54. The second-order valence-electron chi connectivity index (χ2n) is 7.13. The third kappa shape index (κ3) is 4.07. The zero-order valence-electron chi connectivity index (χ0n) is 16.9. The maximum absolute atomic E-state index is 13.3. The van der Waals surface area contributed by atoms with E-state index in [1.807, 2.05) is 41.3 Å². The molecule has 4 rings (SSSR count). The molecule has 1 unspecified atom stereocenters. The summed E-state index contributed by atoms with van der Waals surface area (Å²) in [6.45, 7) is 0.608. The number of halogens is 1. The third-order valence-electron chi connectivity index (χ3n) is 5.33. The van der Waals surface area contributed by atoms with Crippen LogP contribution < -0.4 is 14.8 Å². The van der Waals surface area contributed by atoms with Gasteiger partial charge >= 0.3 is 6.03 Å². The first kappa shape index (κ1) is 20.1. The first-order chi connectivity index (χ1) is 14.6. The Hall–Kier alpha value is -3.18. The molecule has 5 nitrogen and oxygen atoms in total. The molecule has 1 atom stereocenters. The molecule has 1 aliphatic rings. The molecule has 3 aromatic rings. The average Bonchev–Trinajstić information content (AvgIpc) is 2.78. The third-order valence-corrected chi connectivity index (χ3v) is 5.58. The van der Waals surface area contributed by atoms with Crippen LogP contribution in [0, 0.1) is 0 Å². The van der Waals surface area contributed by atoms with Crippen molar-refractivity contribution in [3.63, 3.8) is 0 Å². The molecule has 1 N–H and O–H groups in total. The van der Waals surface area contributed by atoms with Gasteiger partial charge in [0, 0.05) is 35.5 Å². The number of amides is 2. The van der Waals surface area contributed by atoms with E-state index in [1.54, 1.807) is 32.4 Å². The molecule has 0 spiro atoms. The lowest BCUT2D eigenvalue weighted by atomic mass is 9.88. The van der Waals surface area contributed by atoms with Crippen LogP contribution in [0.2, 0.25) is 5.02 Å². The van der Waals surface area contributed by atoms with Crippen LogP contribution in [0.3, 0.4) is 0 Å². The number of fused-ring (bicyclic) bond motifs is 1. The number of urea groups is 1. The second kappa shape index (κ2) is 8.67. The van der Waals surface area contributed by atoms with Gasteiger partial charge < -0.3 is 19.7 Å². The standard InChI is InChI=1S/C24H23ClN2O3/c1-29-20-13-19(14-21(15-20)30-2)26-24(28)27-12-11-16-5-3-4-6-22(16)23(27)17-7-9-18(25)10-8-17/h3-10,13-15,23H,11-12H2,1-2H3,(H,26,28). The zero-order valence-corrected chi connectivity index (χ0v) is 17.6. The van der Waals surface area contributed by atoms with E-state index in [0.29, 0.717) is 28.8 Å². The Bertz CT molecular complexity index is 1030. The summed E-state index contributed by atoms with van der Waals surface area (Å²) in [4.78, 5) is 15.2. The fourth-order valence-corrected chi connectivity index (χ4v) is 3.99. The summed E-state index contributed by atoms with van der Waals surface area (Å²) in [6.07, 6.45) is 0.801. The summed E-state index contributed by atoms with van der Waals surface area (Å²) in [7, 11) is 3.16. The van der Waals surface area contributed by atoms with E-state index in [9.17, 15) is 4.79 Å². The summed E-state index contributed by atoms with van der Waals surface area (Å²) in [5.41, 5.74) is 4.02. The average molecular weight is 423 g/mol. The highest BCUT2D eigenvalue weighted by Crippen LogP contribution is 2.36. The molecule has 0 fully saturated rings. The van der Waals surface area contributed by atoms with Gasteiger partial charge in [-0.25, -0.2) is 4.79 Å². The number of ether oxygens (including phenoxy) is 2. The molecular formula is C24H23ClN2O3. The van der Waals surface area contributed by atoms with Crippen LogP contribution in [0.4, 0.5) is 10.5 Å². The Morgan fingerprint density at radius 1 is 1.00 bits per heavy atom. The van der Waals surface area contributed by atoms with Crippen molar-refractivity contribution in [1.82, 2.24) is 4.90 Å². The van der Waals surface area contributed by atoms with Gasteiger partial charge in [-0.05, 0) is 35.2 Å². The number of nitrogens with one attached hydrogen (secondary N) is 1. The maximum atomic E-state index is 13.3. The van der Waals surface area contributed by atoms with Crippen molar-refractivity contribution in [2.75, 3.05) is 26.1 Å². The van der Waals surface area contributed by atoms with Crippen LogP contribution in [0.25, 0.3) is 0 Å². The van der Waals surface area contributed by atoms with Gasteiger partial charge in [0.1, 0.15) is 11.5 Å². The number of benzene rings is 3. The molecule has 0 saturated heterocycles. The quantitative estimate of drug-likeness (QED) is 0.600. The molecule has 30 heavy (non-hydrogen) atoms. The Labute approximate surface area is 181 Å². The molecular weight excluding hydrogens is 400 g/mol. The van der Waals surface area contributed by atoms with Gasteiger partial charge in [0.15, 0.2) is 0 Å². The van der Waals surface area contributed by atoms with Gasteiger partial charge in [0.25, 0.3) is 0 Å². The molecule has 0 aromatic heterocycles. The minimum Gasteiger partial charge on any atom is -0.497 e. The van der Waals surface area contributed by atoms with E-state index in [2.05, 4.69) is 17.4 Å². The van der Waals surface area contributed by atoms with Crippen molar-refractivity contribution in [1.29, 1.82) is 0 Å². The van der Waals surface area contributed by atoms with Gasteiger partial charge in [0.2, 0.25) is 0 Å². The highest BCUT2D eigenvalue weighted by atomic mass is 35.5. The minimum atomic E-state index is -0.195. The highest BCUT2D eigenvalue weighted by molar-refractivity contribution is 6.30. The van der Waals surface area contributed by atoms with Crippen molar-refractivity contribution < 1.29 is 14.3 Å². The molecule has 1 heterocycles. The SMILES string of the molecule is COc1cc(NC(=O)N2CCc3ccccc3C2c2ccc(Cl)cc2)cc(OC)c1. The molecule has 0 radical (unpaired) electrons. The Balaban J connectivity index is 1.68. The first-order valence-electron chi connectivity index (χ1n) is 9.73. The Morgan fingerprint density at radius 3 is 2.33 bits per heavy atom. The van der Waals surface area contributed by atoms with Crippen LogP contribution in [-0.2, 0) is 6.42 Å². The van der Waals surface area contributed by atoms with E-state index >= 15 is 0 Å². The largest absolute Gasteiger partial charge is 0.497 e. The summed E-state index contributed by atoms with van der Waals surface area (Å²) < 4.78 is 10.6. The van der Waals surface area contributed by atoms with Gasteiger partial charge in [-0.15, -0.1) is 0 Å². The van der Waals surface area contributed by atoms with Gasteiger partial charge in [-0.2, -0.15) is 0 Å². The van der Waals surface area contributed by atoms with Crippen molar-refractivity contribution in [3.8, 4) is 11.5 Å². The lowest BCUT2D eigenvalue weighted by Gasteiger charge is -2.37. The topological polar surface area (TPSA) is 50.8 Å². The van der Waals surface area contributed by atoms with E-state index in [-0.39, 0.29) is 12.1 Å². The number of nitrogens with zero attached hydrogens (tertiary/aromatic N) is 1. The highest BCUT2D eigenvalue weighted by Gasteiger charge is 2.32. The monoisotopic (exact) mass is 422 g/mol. The van der Waals surface area contributed by atoms with Crippen LogP contribution in [0.1, 0.15) is 22.7 Å². The summed E-state index contributed by atoms with van der Waals surface area (Å²) >= 11 is 6.10. The van der Waals surface area contributed by atoms with Gasteiger partial charge in [0.05, 0.1) is 20.3 Å². The van der Waals surface area contributed by atoms with Crippen molar-refractivity contribution in [2.24, 2.45) is 0 Å². The predicted molar refractivity (Wildman–Crippen MR) is 119 cm³/mol. The summed E-state index contributed by atoms with van der Waals surface area (Å²) in [6, 6.07) is 20.9. The number of hydrogen-bond acceptors (Lipinski definition) is 3. The van der Waals surface area contributed by atoms with Gasteiger partial charge in [-0.1, -0.05) is 48.0 Å². The van der Waals surface area contributed by atoms with Crippen molar-refractivity contribution in [3.05, 3.63) is 88.4 Å².